The van der Waals surface area contributed by atoms with E-state index in [1.165, 1.54) is 15.3 Å². The zero-order valence-electron chi connectivity index (χ0n) is 10.3. The van der Waals surface area contributed by atoms with E-state index in [4.69, 9.17) is 11.6 Å². The zero-order valence-corrected chi connectivity index (χ0v) is 11.8. The van der Waals surface area contributed by atoms with Crippen molar-refractivity contribution < 1.29 is 0 Å². The largest absolute Gasteiger partial charge is 0.309 e. The first kappa shape index (κ1) is 12.6. The lowest BCUT2D eigenvalue weighted by molar-refractivity contribution is 0.700. The first-order valence-corrected chi connectivity index (χ1v) is 6.81. The minimum atomic E-state index is 0.183. The SMILES string of the molecule is CNC(c1ccccc1Cl)c1sc(C)cc1C. The molecule has 1 N–H and O–H groups in total. The first-order valence-electron chi connectivity index (χ1n) is 5.62. The van der Waals surface area contributed by atoms with Crippen molar-refractivity contribution in [2.45, 2.75) is 19.9 Å². The van der Waals surface area contributed by atoms with Crippen LogP contribution in [0.2, 0.25) is 5.02 Å². The van der Waals surface area contributed by atoms with Crippen molar-refractivity contribution in [3.05, 3.63) is 56.2 Å². The molecule has 0 spiro atoms. The molecule has 0 bridgehead atoms. The van der Waals surface area contributed by atoms with Gasteiger partial charge in [0.05, 0.1) is 6.04 Å². The molecule has 0 fully saturated rings. The normalized spacial score (nSPS) is 12.7. The van der Waals surface area contributed by atoms with Crippen molar-refractivity contribution in [2.75, 3.05) is 7.05 Å². The molecule has 0 aliphatic rings. The summed E-state index contributed by atoms with van der Waals surface area (Å²) in [4.78, 5) is 2.68. The summed E-state index contributed by atoms with van der Waals surface area (Å²) in [7, 11) is 1.97. The maximum Gasteiger partial charge on any atom is 0.0685 e. The molecule has 2 rings (SSSR count). The lowest BCUT2D eigenvalue weighted by Gasteiger charge is -2.17. The molecule has 0 saturated carbocycles. The van der Waals surface area contributed by atoms with E-state index in [1.54, 1.807) is 0 Å². The van der Waals surface area contributed by atoms with Gasteiger partial charge in [-0.2, -0.15) is 0 Å². The fourth-order valence-corrected chi connectivity index (χ4v) is 3.49. The number of hydrogen-bond donors (Lipinski definition) is 1. The fourth-order valence-electron chi connectivity index (χ4n) is 2.08. The Bertz CT molecular complexity index is 519. The maximum atomic E-state index is 6.27. The molecule has 90 valence electrons. The van der Waals surface area contributed by atoms with Crippen LogP contribution in [0.5, 0.6) is 0 Å². The topological polar surface area (TPSA) is 12.0 Å². The van der Waals surface area contributed by atoms with E-state index in [-0.39, 0.29) is 6.04 Å². The Hall–Kier alpha value is -0.830. The second-order valence-electron chi connectivity index (χ2n) is 4.15. The average Bonchev–Trinajstić information content (AvgIpc) is 2.62. The molecule has 0 aliphatic heterocycles. The number of rotatable bonds is 3. The summed E-state index contributed by atoms with van der Waals surface area (Å²) in [6, 6.07) is 10.4. The van der Waals surface area contributed by atoms with E-state index in [0.29, 0.717) is 0 Å². The van der Waals surface area contributed by atoms with E-state index in [0.717, 1.165) is 10.6 Å². The number of aryl methyl sites for hydroxylation is 2. The maximum absolute atomic E-state index is 6.27. The van der Waals surface area contributed by atoms with Crippen molar-refractivity contribution in [3.63, 3.8) is 0 Å². The van der Waals surface area contributed by atoms with Crippen LogP contribution in [0.1, 0.15) is 26.9 Å². The molecule has 2 aromatic rings. The summed E-state index contributed by atoms with van der Waals surface area (Å²) in [6.07, 6.45) is 0. The van der Waals surface area contributed by atoms with Crippen molar-refractivity contribution in [1.82, 2.24) is 5.32 Å². The van der Waals surface area contributed by atoms with Gasteiger partial charge >= 0.3 is 0 Å². The van der Waals surface area contributed by atoms with Gasteiger partial charge in [0.25, 0.3) is 0 Å². The van der Waals surface area contributed by atoms with Gasteiger partial charge in [-0.1, -0.05) is 29.8 Å². The Kier molecular flexibility index (Phi) is 3.87. The van der Waals surface area contributed by atoms with Crippen molar-refractivity contribution >= 4 is 22.9 Å². The van der Waals surface area contributed by atoms with E-state index >= 15 is 0 Å². The van der Waals surface area contributed by atoms with Crippen LogP contribution in [0.25, 0.3) is 0 Å². The molecule has 1 nitrogen and oxygen atoms in total. The molecule has 0 amide bonds. The number of hydrogen-bond acceptors (Lipinski definition) is 2. The van der Waals surface area contributed by atoms with E-state index in [2.05, 4.69) is 31.3 Å². The second kappa shape index (κ2) is 5.21. The standard InChI is InChI=1S/C14H16ClNS/c1-9-8-10(2)17-14(9)13(16-3)11-6-4-5-7-12(11)15/h4-8,13,16H,1-3H3. The van der Waals surface area contributed by atoms with Crippen LogP contribution < -0.4 is 5.32 Å². The summed E-state index contributed by atoms with van der Waals surface area (Å²) in [6.45, 7) is 4.29. The Balaban J connectivity index is 2.47. The van der Waals surface area contributed by atoms with Gasteiger partial charge in [0.1, 0.15) is 0 Å². The van der Waals surface area contributed by atoms with Gasteiger partial charge in [0.15, 0.2) is 0 Å². The smallest absolute Gasteiger partial charge is 0.0685 e. The third-order valence-corrected chi connectivity index (χ3v) is 4.41. The summed E-state index contributed by atoms with van der Waals surface area (Å²) >= 11 is 8.10. The fraction of sp³-hybridized carbons (Fsp3) is 0.286. The Morgan fingerprint density at radius 1 is 1.24 bits per heavy atom. The molecular formula is C14H16ClNS. The zero-order chi connectivity index (χ0) is 12.4. The highest BCUT2D eigenvalue weighted by Gasteiger charge is 2.18. The quantitative estimate of drug-likeness (QED) is 0.871. The summed E-state index contributed by atoms with van der Waals surface area (Å²) in [5, 5.41) is 4.17. The minimum Gasteiger partial charge on any atom is -0.309 e. The van der Waals surface area contributed by atoms with Crippen LogP contribution in [-0.2, 0) is 0 Å². The highest BCUT2D eigenvalue weighted by molar-refractivity contribution is 7.12. The first-order chi connectivity index (χ1) is 8.13. The average molecular weight is 266 g/mol. The van der Waals surface area contributed by atoms with Gasteiger partial charge in [-0.25, -0.2) is 0 Å². The molecule has 0 radical (unpaired) electrons. The predicted molar refractivity (Wildman–Crippen MR) is 76.1 cm³/mol. The van der Waals surface area contributed by atoms with Gasteiger partial charge in [-0.05, 0) is 44.2 Å². The third kappa shape index (κ3) is 2.54. The van der Waals surface area contributed by atoms with Crippen molar-refractivity contribution in [2.24, 2.45) is 0 Å². The molecule has 1 atom stereocenters. The van der Waals surface area contributed by atoms with E-state index in [9.17, 15) is 0 Å². The molecule has 1 aromatic heterocycles. The molecule has 1 heterocycles. The minimum absolute atomic E-state index is 0.183. The predicted octanol–water partition coefficient (Wildman–Crippen LogP) is 4.33. The highest BCUT2D eigenvalue weighted by atomic mass is 35.5. The van der Waals surface area contributed by atoms with Crippen LogP contribution >= 0.6 is 22.9 Å². The van der Waals surface area contributed by atoms with Crippen LogP contribution in [0.3, 0.4) is 0 Å². The van der Waals surface area contributed by atoms with E-state index in [1.807, 2.05) is 36.6 Å². The van der Waals surface area contributed by atoms with Gasteiger partial charge in [-0.3, -0.25) is 0 Å². The van der Waals surface area contributed by atoms with Crippen LogP contribution in [0.4, 0.5) is 0 Å². The number of benzene rings is 1. The van der Waals surface area contributed by atoms with E-state index < -0.39 is 0 Å². The van der Waals surface area contributed by atoms with Crippen LogP contribution in [-0.4, -0.2) is 7.05 Å². The molecule has 0 aliphatic carbocycles. The Morgan fingerprint density at radius 3 is 2.47 bits per heavy atom. The van der Waals surface area contributed by atoms with Crippen LogP contribution in [0.15, 0.2) is 30.3 Å². The summed E-state index contributed by atoms with van der Waals surface area (Å²) in [5.41, 5.74) is 2.47. The lowest BCUT2D eigenvalue weighted by atomic mass is 10.0. The van der Waals surface area contributed by atoms with Gasteiger partial charge in [-0.15, -0.1) is 11.3 Å². The van der Waals surface area contributed by atoms with Gasteiger partial charge in [0.2, 0.25) is 0 Å². The molecular weight excluding hydrogens is 250 g/mol. The van der Waals surface area contributed by atoms with Crippen LogP contribution in [0, 0.1) is 13.8 Å². The van der Waals surface area contributed by atoms with Gasteiger partial charge in [0, 0.05) is 14.8 Å². The summed E-state index contributed by atoms with van der Waals surface area (Å²) < 4.78 is 0. The monoisotopic (exact) mass is 265 g/mol. The summed E-state index contributed by atoms with van der Waals surface area (Å²) in [5.74, 6) is 0. The molecule has 3 heteroatoms. The molecule has 0 saturated heterocycles. The Morgan fingerprint density at radius 2 is 1.94 bits per heavy atom. The molecule has 17 heavy (non-hydrogen) atoms. The second-order valence-corrected chi connectivity index (χ2v) is 5.84. The van der Waals surface area contributed by atoms with Gasteiger partial charge < -0.3 is 5.32 Å². The lowest BCUT2D eigenvalue weighted by Crippen LogP contribution is -2.17. The third-order valence-electron chi connectivity index (χ3n) is 2.85. The highest BCUT2D eigenvalue weighted by Crippen LogP contribution is 2.34. The number of thiophene rings is 1. The molecule has 1 unspecified atom stereocenters. The number of halogens is 1. The van der Waals surface area contributed by atoms with Crippen molar-refractivity contribution in [1.29, 1.82) is 0 Å². The van der Waals surface area contributed by atoms with Crippen molar-refractivity contribution in [3.8, 4) is 0 Å². The number of nitrogens with one attached hydrogen (secondary N) is 1. The molecule has 1 aromatic carbocycles. The Labute approximate surface area is 111 Å².